The monoisotopic (exact) mass is 472 g/mol. The van der Waals surface area contributed by atoms with Crippen molar-refractivity contribution < 1.29 is 9.59 Å². The van der Waals surface area contributed by atoms with Gasteiger partial charge in [-0.3, -0.25) is 14.4 Å². The van der Waals surface area contributed by atoms with Gasteiger partial charge in [-0.05, 0) is 30.2 Å². The van der Waals surface area contributed by atoms with Gasteiger partial charge >= 0.3 is 0 Å². The molecule has 0 saturated carbocycles. The molecule has 1 saturated heterocycles. The number of fused-ring (bicyclic) bond motifs is 1. The number of amides is 2. The van der Waals surface area contributed by atoms with E-state index in [9.17, 15) is 14.4 Å². The Morgan fingerprint density at radius 3 is 2.15 bits per heavy atom. The van der Waals surface area contributed by atoms with Gasteiger partial charge in [-0.1, -0.05) is 48.5 Å². The predicted octanol–water partition coefficient (Wildman–Crippen LogP) is 3.48. The molecule has 4 aromatic rings. The number of nitrogens with zero attached hydrogens (tertiary/aromatic N) is 3. The van der Waals surface area contributed by atoms with E-state index in [1.165, 1.54) is 11.3 Å². The number of aromatic nitrogens is 2. The van der Waals surface area contributed by atoms with Gasteiger partial charge in [-0.25, -0.2) is 4.98 Å². The van der Waals surface area contributed by atoms with Gasteiger partial charge in [0, 0.05) is 38.2 Å². The molecule has 0 radical (unpaired) electrons. The number of carbonyl (C=O) groups is 2. The first kappa shape index (κ1) is 22.0. The Morgan fingerprint density at radius 1 is 0.912 bits per heavy atom. The van der Waals surface area contributed by atoms with E-state index in [0.29, 0.717) is 64.6 Å². The lowest BCUT2D eigenvalue weighted by molar-refractivity contribution is 0.0538. The molecule has 1 aliphatic heterocycles. The second kappa shape index (κ2) is 9.23. The zero-order chi connectivity index (χ0) is 23.7. The van der Waals surface area contributed by atoms with Crippen LogP contribution in [0.2, 0.25) is 0 Å². The third-order valence-electron chi connectivity index (χ3n) is 6.13. The molecule has 1 N–H and O–H groups in total. The fourth-order valence-electron chi connectivity index (χ4n) is 4.28. The topological polar surface area (TPSA) is 86.4 Å². The lowest BCUT2D eigenvalue weighted by Gasteiger charge is -2.34. The highest BCUT2D eigenvalue weighted by Gasteiger charge is 2.28. The second-order valence-electron chi connectivity index (χ2n) is 8.36. The molecule has 1 aliphatic rings. The number of thiophene rings is 1. The van der Waals surface area contributed by atoms with E-state index in [1.54, 1.807) is 28.9 Å². The van der Waals surface area contributed by atoms with Crippen LogP contribution in [0.25, 0.3) is 10.2 Å². The van der Waals surface area contributed by atoms with Crippen LogP contribution in [0.4, 0.5) is 0 Å². The normalized spacial score (nSPS) is 13.9. The van der Waals surface area contributed by atoms with Gasteiger partial charge in [0.25, 0.3) is 17.4 Å². The largest absolute Gasteiger partial charge is 0.335 e. The SMILES string of the molecule is Cc1c(C(=O)N2CCN(C(=O)c3ccccc3)CC2)sc2nc(Cc3ccccc3)[nH]c(=O)c12. The lowest BCUT2D eigenvalue weighted by Crippen LogP contribution is -2.50. The molecule has 2 aromatic heterocycles. The highest BCUT2D eigenvalue weighted by Crippen LogP contribution is 2.29. The average molecular weight is 473 g/mol. The Bertz CT molecular complexity index is 1400. The van der Waals surface area contributed by atoms with Crippen LogP contribution >= 0.6 is 11.3 Å². The van der Waals surface area contributed by atoms with Crippen molar-refractivity contribution in [3.05, 3.63) is 98.4 Å². The van der Waals surface area contributed by atoms with Crippen molar-refractivity contribution in [3.63, 3.8) is 0 Å². The van der Waals surface area contributed by atoms with Gasteiger partial charge < -0.3 is 14.8 Å². The summed E-state index contributed by atoms with van der Waals surface area (Å²) in [6.45, 7) is 3.66. The van der Waals surface area contributed by atoms with Crippen LogP contribution in [-0.4, -0.2) is 57.8 Å². The third kappa shape index (κ3) is 4.24. The van der Waals surface area contributed by atoms with Crippen LogP contribution in [-0.2, 0) is 6.42 Å². The van der Waals surface area contributed by atoms with Crippen molar-refractivity contribution >= 4 is 33.4 Å². The summed E-state index contributed by atoms with van der Waals surface area (Å²) in [5.41, 5.74) is 2.14. The van der Waals surface area contributed by atoms with Gasteiger partial charge in [0.1, 0.15) is 10.7 Å². The third-order valence-corrected chi connectivity index (χ3v) is 7.31. The number of piperazine rings is 1. The highest BCUT2D eigenvalue weighted by atomic mass is 32.1. The van der Waals surface area contributed by atoms with Crippen molar-refractivity contribution in [1.29, 1.82) is 0 Å². The van der Waals surface area contributed by atoms with Crippen molar-refractivity contribution in [2.24, 2.45) is 0 Å². The number of aromatic amines is 1. The molecule has 7 nitrogen and oxygen atoms in total. The van der Waals surface area contributed by atoms with E-state index in [2.05, 4.69) is 9.97 Å². The van der Waals surface area contributed by atoms with Gasteiger partial charge in [0.05, 0.1) is 10.3 Å². The van der Waals surface area contributed by atoms with Crippen molar-refractivity contribution in [2.45, 2.75) is 13.3 Å². The van der Waals surface area contributed by atoms with Gasteiger partial charge in [-0.15, -0.1) is 11.3 Å². The number of benzene rings is 2. The molecule has 1 fully saturated rings. The summed E-state index contributed by atoms with van der Waals surface area (Å²) in [6.07, 6.45) is 0.518. The molecule has 0 bridgehead atoms. The molecule has 0 unspecified atom stereocenters. The number of rotatable bonds is 4. The van der Waals surface area contributed by atoms with Crippen LogP contribution < -0.4 is 5.56 Å². The van der Waals surface area contributed by atoms with E-state index in [1.807, 2.05) is 48.5 Å². The summed E-state index contributed by atoms with van der Waals surface area (Å²) in [5.74, 6) is 0.445. The van der Waals surface area contributed by atoms with Gasteiger partial charge in [-0.2, -0.15) is 0 Å². The highest BCUT2D eigenvalue weighted by molar-refractivity contribution is 7.20. The molecular weight excluding hydrogens is 448 g/mol. The average Bonchev–Trinajstić information content (AvgIpc) is 3.21. The Morgan fingerprint density at radius 2 is 1.50 bits per heavy atom. The molecular formula is C26H24N4O3S. The summed E-state index contributed by atoms with van der Waals surface area (Å²) < 4.78 is 0. The smallest absolute Gasteiger partial charge is 0.264 e. The van der Waals surface area contributed by atoms with Crippen LogP contribution in [0, 0.1) is 6.92 Å². The summed E-state index contributed by atoms with van der Waals surface area (Å²) in [4.78, 5) is 51.0. The standard InChI is InChI=1S/C26H24N4O3S/c1-17-21-23(31)27-20(16-18-8-4-2-5-9-18)28-24(21)34-22(17)26(33)30-14-12-29(13-15-30)25(32)19-10-6-3-7-11-19/h2-11H,12-16H2,1H3,(H,27,28,31). The van der Waals surface area contributed by atoms with Crippen molar-refractivity contribution in [2.75, 3.05) is 26.2 Å². The quantitative estimate of drug-likeness (QED) is 0.493. The molecule has 0 atom stereocenters. The van der Waals surface area contributed by atoms with Crippen molar-refractivity contribution in [3.8, 4) is 0 Å². The summed E-state index contributed by atoms with van der Waals surface area (Å²) in [7, 11) is 0. The minimum atomic E-state index is -0.220. The minimum absolute atomic E-state index is 0.0209. The first-order chi connectivity index (χ1) is 16.5. The summed E-state index contributed by atoms with van der Waals surface area (Å²) in [6, 6.07) is 19.0. The Kier molecular flexibility index (Phi) is 5.98. The Balaban J connectivity index is 1.33. The Labute approximate surface area is 200 Å². The molecule has 3 heterocycles. The fourth-order valence-corrected chi connectivity index (χ4v) is 5.45. The first-order valence-corrected chi connectivity index (χ1v) is 12.0. The molecule has 2 aromatic carbocycles. The Hall–Kier alpha value is -3.78. The van der Waals surface area contributed by atoms with Crippen molar-refractivity contribution in [1.82, 2.24) is 19.8 Å². The van der Waals surface area contributed by atoms with E-state index in [-0.39, 0.29) is 17.4 Å². The second-order valence-corrected chi connectivity index (χ2v) is 9.36. The predicted molar refractivity (Wildman–Crippen MR) is 132 cm³/mol. The molecule has 172 valence electrons. The maximum absolute atomic E-state index is 13.3. The molecule has 34 heavy (non-hydrogen) atoms. The maximum atomic E-state index is 13.3. The number of hydrogen-bond donors (Lipinski definition) is 1. The van der Waals surface area contributed by atoms with Gasteiger partial charge in [0.15, 0.2) is 0 Å². The molecule has 5 rings (SSSR count). The number of hydrogen-bond acceptors (Lipinski definition) is 5. The molecule has 2 amide bonds. The fraction of sp³-hybridized carbons (Fsp3) is 0.231. The number of H-pyrrole nitrogens is 1. The van der Waals surface area contributed by atoms with E-state index in [0.717, 1.165) is 5.56 Å². The summed E-state index contributed by atoms with van der Waals surface area (Å²) in [5, 5.41) is 0.475. The van der Waals surface area contributed by atoms with E-state index >= 15 is 0 Å². The molecule has 0 aliphatic carbocycles. The number of aryl methyl sites for hydroxylation is 1. The van der Waals surface area contributed by atoms with Crippen LogP contribution in [0.1, 0.15) is 37.0 Å². The zero-order valence-electron chi connectivity index (χ0n) is 18.8. The first-order valence-electron chi connectivity index (χ1n) is 11.2. The number of carbonyl (C=O) groups excluding carboxylic acids is 2. The van der Waals surface area contributed by atoms with E-state index < -0.39 is 0 Å². The van der Waals surface area contributed by atoms with Gasteiger partial charge in [0.2, 0.25) is 0 Å². The molecule has 0 spiro atoms. The molecule has 8 heteroatoms. The van der Waals surface area contributed by atoms with Crippen LogP contribution in [0.3, 0.4) is 0 Å². The zero-order valence-corrected chi connectivity index (χ0v) is 19.6. The van der Waals surface area contributed by atoms with Crippen LogP contribution in [0.15, 0.2) is 65.5 Å². The minimum Gasteiger partial charge on any atom is -0.335 e. The van der Waals surface area contributed by atoms with Crippen LogP contribution in [0.5, 0.6) is 0 Å². The van der Waals surface area contributed by atoms with E-state index in [4.69, 9.17) is 0 Å². The lowest BCUT2D eigenvalue weighted by atomic mass is 10.1. The summed E-state index contributed by atoms with van der Waals surface area (Å²) >= 11 is 1.27. The maximum Gasteiger partial charge on any atom is 0.264 e. The number of nitrogens with one attached hydrogen (secondary N) is 1.